The van der Waals surface area contributed by atoms with E-state index in [1.165, 1.54) is 0 Å². The normalized spacial score (nSPS) is 14.7. The summed E-state index contributed by atoms with van der Waals surface area (Å²) in [5.41, 5.74) is 3.17. The average molecular weight is 366 g/mol. The maximum atomic E-state index is 12.7. The molecule has 0 aliphatic carbocycles. The van der Waals surface area contributed by atoms with Crippen LogP contribution >= 0.6 is 0 Å². The summed E-state index contributed by atoms with van der Waals surface area (Å²) < 4.78 is 5.85. The number of aryl methyl sites for hydroxylation is 1. The molecule has 5 nitrogen and oxygen atoms in total. The third-order valence-corrected chi connectivity index (χ3v) is 5.04. The Bertz CT molecular complexity index is 841. The van der Waals surface area contributed by atoms with Gasteiger partial charge in [0, 0.05) is 13.1 Å². The first-order chi connectivity index (χ1) is 13.0. The van der Waals surface area contributed by atoms with E-state index in [1.807, 2.05) is 49.1 Å². The highest BCUT2D eigenvalue weighted by atomic mass is 16.5. The van der Waals surface area contributed by atoms with E-state index in [4.69, 9.17) is 4.74 Å². The summed E-state index contributed by atoms with van der Waals surface area (Å²) >= 11 is 0. The van der Waals surface area contributed by atoms with E-state index in [2.05, 4.69) is 5.32 Å². The van der Waals surface area contributed by atoms with Crippen LogP contribution in [0, 0.1) is 13.8 Å². The van der Waals surface area contributed by atoms with Gasteiger partial charge >= 0.3 is 0 Å². The largest absolute Gasteiger partial charge is 0.481 e. The molecule has 2 amide bonds. The third kappa shape index (κ3) is 4.30. The molecule has 1 N–H and O–H groups in total. The van der Waals surface area contributed by atoms with E-state index in [0.717, 1.165) is 37.1 Å². The van der Waals surface area contributed by atoms with Gasteiger partial charge in [-0.1, -0.05) is 24.3 Å². The molecule has 142 valence electrons. The fraction of sp³-hybridized carbons (Fsp3) is 0.364. The standard InChI is InChI=1S/C22H26N2O3/c1-15-9-8-12-20(16(15)2)27-17(3)21(25)23-19-11-5-4-10-18(19)22(26)24-13-6-7-14-24/h4-5,8-12,17H,6-7,13-14H2,1-3H3,(H,23,25). The van der Waals surface area contributed by atoms with Gasteiger partial charge in [0.05, 0.1) is 11.3 Å². The molecule has 1 heterocycles. The Morgan fingerprint density at radius 3 is 2.48 bits per heavy atom. The molecule has 1 saturated heterocycles. The fourth-order valence-electron chi connectivity index (χ4n) is 3.20. The molecule has 1 unspecified atom stereocenters. The topological polar surface area (TPSA) is 58.6 Å². The van der Waals surface area contributed by atoms with Crippen LogP contribution in [0.25, 0.3) is 0 Å². The maximum absolute atomic E-state index is 12.7. The third-order valence-electron chi connectivity index (χ3n) is 5.04. The van der Waals surface area contributed by atoms with Crippen molar-refractivity contribution in [3.63, 3.8) is 0 Å². The van der Waals surface area contributed by atoms with Crippen LogP contribution in [0.5, 0.6) is 5.75 Å². The molecule has 0 spiro atoms. The molecule has 3 rings (SSSR count). The minimum Gasteiger partial charge on any atom is -0.481 e. The molecule has 1 fully saturated rings. The van der Waals surface area contributed by atoms with Crippen molar-refractivity contribution in [2.75, 3.05) is 18.4 Å². The number of hydrogen-bond acceptors (Lipinski definition) is 3. The Morgan fingerprint density at radius 2 is 1.74 bits per heavy atom. The number of benzene rings is 2. The van der Waals surface area contributed by atoms with Gasteiger partial charge in [-0.25, -0.2) is 0 Å². The molecule has 1 aliphatic rings. The molecule has 2 aromatic carbocycles. The SMILES string of the molecule is Cc1cccc(OC(C)C(=O)Nc2ccccc2C(=O)N2CCCC2)c1C. The first kappa shape index (κ1) is 19.0. The summed E-state index contributed by atoms with van der Waals surface area (Å²) in [6.45, 7) is 7.23. The van der Waals surface area contributed by atoms with E-state index < -0.39 is 6.10 Å². The monoisotopic (exact) mass is 366 g/mol. The molecule has 5 heteroatoms. The van der Waals surface area contributed by atoms with Crippen LogP contribution in [0.15, 0.2) is 42.5 Å². The van der Waals surface area contributed by atoms with Gasteiger partial charge in [0.15, 0.2) is 6.10 Å². The van der Waals surface area contributed by atoms with Crippen LogP contribution < -0.4 is 10.1 Å². The lowest BCUT2D eigenvalue weighted by atomic mass is 10.1. The first-order valence-corrected chi connectivity index (χ1v) is 9.39. The van der Waals surface area contributed by atoms with Crippen molar-refractivity contribution in [2.24, 2.45) is 0 Å². The van der Waals surface area contributed by atoms with Gasteiger partial charge in [-0.3, -0.25) is 9.59 Å². The summed E-state index contributed by atoms with van der Waals surface area (Å²) in [6.07, 6.45) is 1.38. The summed E-state index contributed by atoms with van der Waals surface area (Å²) in [5, 5.41) is 2.86. The number of likely N-dealkylation sites (tertiary alicyclic amines) is 1. The Labute approximate surface area is 160 Å². The van der Waals surface area contributed by atoms with E-state index >= 15 is 0 Å². The molecule has 0 aromatic heterocycles. The van der Waals surface area contributed by atoms with Crippen LogP contribution in [0.4, 0.5) is 5.69 Å². The lowest BCUT2D eigenvalue weighted by Gasteiger charge is -2.20. The molecule has 2 aromatic rings. The number of carbonyl (C=O) groups excluding carboxylic acids is 2. The maximum Gasteiger partial charge on any atom is 0.265 e. The van der Waals surface area contributed by atoms with Crippen molar-refractivity contribution in [3.8, 4) is 5.75 Å². The zero-order valence-corrected chi connectivity index (χ0v) is 16.1. The van der Waals surface area contributed by atoms with Crippen LogP contribution in [0.2, 0.25) is 0 Å². The second kappa shape index (κ2) is 8.25. The van der Waals surface area contributed by atoms with E-state index in [-0.39, 0.29) is 11.8 Å². The van der Waals surface area contributed by atoms with E-state index in [9.17, 15) is 9.59 Å². The minimum atomic E-state index is -0.680. The number of nitrogens with one attached hydrogen (secondary N) is 1. The van der Waals surface area contributed by atoms with Crippen molar-refractivity contribution in [1.29, 1.82) is 0 Å². The lowest BCUT2D eigenvalue weighted by Crippen LogP contribution is -2.32. The molecule has 0 radical (unpaired) electrons. The summed E-state index contributed by atoms with van der Waals surface area (Å²) in [6, 6.07) is 12.9. The number of carbonyl (C=O) groups is 2. The first-order valence-electron chi connectivity index (χ1n) is 9.39. The highest BCUT2D eigenvalue weighted by molar-refractivity contribution is 6.04. The van der Waals surface area contributed by atoms with Crippen molar-refractivity contribution in [3.05, 3.63) is 59.2 Å². The molecule has 0 saturated carbocycles. The van der Waals surface area contributed by atoms with Gasteiger partial charge in [0.1, 0.15) is 5.75 Å². The van der Waals surface area contributed by atoms with Gasteiger partial charge in [0.2, 0.25) is 0 Å². The van der Waals surface area contributed by atoms with E-state index in [1.54, 1.807) is 19.1 Å². The number of anilines is 1. The quantitative estimate of drug-likeness (QED) is 0.872. The molecule has 0 bridgehead atoms. The van der Waals surface area contributed by atoms with Gasteiger partial charge in [-0.05, 0) is 62.9 Å². The van der Waals surface area contributed by atoms with Crippen LogP contribution in [0.3, 0.4) is 0 Å². The highest BCUT2D eigenvalue weighted by Gasteiger charge is 2.23. The van der Waals surface area contributed by atoms with Crippen molar-refractivity contribution in [1.82, 2.24) is 4.90 Å². The summed E-state index contributed by atoms with van der Waals surface area (Å²) in [7, 11) is 0. The lowest BCUT2D eigenvalue weighted by molar-refractivity contribution is -0.122. The van der Waals surface area contributed by atoms with Gasteiger partial charge in [0.25, 0.3) is 11.8 Å². The molecule has 1 atom stereocenters. The number of para-hydroxylation sites is 1. The highest BCUT2D eigenvalue weighted by Crippen LogP contribution is 2.23. The summed E-state index contributed by atoms with van der Waals surface area (Å²) in [5.74, 6) is 0.378. The van der Waals surface area contributed by atoms with E-state index in [0.29, 0.717) is 17.0 Å². The number of amides is 2. The predicted octanol–water partition coefficient (Wildman–Crippen LogP) is 3.95. The number of nitrogens with zero attached hydrogens (tertiary/aromatic N) is 1. The smallest absolute Gasteiger partial charge is 0.265 e. The Morgan fingerprint density at radius 1 is 1.04 bits per heavy atom. The second-order valence-corrected chi connectivity index (χ2v) is 6.99. The predicted molar refractivity (Wildman–Crippen MR) is 106 cm³/mol. The van der Waals surface area contributed by atoms with Gasteiger partial charge < -0.3 is 15.0 Å². The minimum absolute atomic E-state index is 0.0356. The Kier molecular flexibility index (Phi) is 5.79. The van der Waals surface area contributed by atoms with Crippen molar-refractivity contribution < 1.29 is 14.3 Å². The van der Waals surface area contributed by atoms with Gasteiger partial charge in [-0.2, -0.15) is 0 Å². The van der Waals surface area contributed by atoms with Gasteiger partial charge in [-0.15, -0.1) is 0 Å². The average Bonchev–Trinajstić information content (AvgIpc) is 3.20. The van der Waals surface area contributed by atoms with Crippen LogP contribution in [0.1, 0.15) is 41.3 Å². The van der Waals surface area contributed by atoms with Crippen molar-refractivity contribution >= 4 is 17.5 Å². The number of rotatable bonds is 5. The zero-order chi connectivity index (χ0) is 19.4. The Hall–Kier alpha value is -2.82. The molecule has 1 aliphatic heterocycles. The number of hydrogen-bond donors (Lipinski definition) is 1. The molecular weight excluding hydrogens is 340 g/mol. The Balaban J connectivity index is 1.72. The number of ether oxygens (including phenoxy) is 1. The second-order valence-electron chi connectivity index (χ2n) is 6.99. The van der Waals surface area contributed by atoms with Crippen LogP contribution in [-0.4, -0.2) is 35.9 Å². The summed E-state index contributed by atoms with van der Waals surface area (Å²) in [4.78, 5) is 27.2. The van der Waals surface area contributed by atoms with Crippen LogP contribution in [-0.2, 0) is 4.79 Å². The zero-order valence-electron chi connectivity index (χ0n) is 16.1. The molecular formula is C22H26N2O3. The fourth-order valence-corrected chi connectivity index (χ4v) is 3.20. The van der Waals surface area contributed by atoms with Crippen molar-refractivity contribution in [2.45, 2.75) is 39.7 Å². The molecule has 27 heavy (non-hydrogen) atoms.